The molecular weight excluding hydrogens is 366 g/mol. The maximum atomic E-state index is 13.0. The smallest absolute Gasteiger partial charge is 0.262 e. The molecule has 2 atom stereocenters. The third-order valence-electron chi connectivity index (χ3n) is 3.30. The third kappa shape index (κ3) is 5.20. The van der Waals surface area contributed by atoms with Crippen molar-refractivity contribution >= 4 is 34.2 Å². The van der Waals surface area contributed by atoms with Crippen molar-refractivity contribution in [2.24, 2.45) is 0 Å². The van der Waals surface area contributed by atoms with Gasteiger partial charge in [0.05, 0.1) is 12.6 Å². The molecule has 0 radical (unpaired) electrons. The summed E-state index contributed by atoms with van der Waals surface area (Å²) in [5.74, 6) is -3.14. The number of amides is 1. The minimum Gasteiger partial charge on any atom is -0.352 e. The molecule has 1 fully saturated rings. The van der Waals surface area contributed by atoms with Gasteiger partial charge in [0, 0.05) is 16.9 Å². The second kappa shape index (κ2) is 7.51. The minimum absolute atomic E-state index is 0. The maximum Gasteiger partial charge on any atom is 0.262 e. The quantitative estimate of drug-likeness (QED) is 0.839. The Morgan fingerprint density at radius 1 is 1.52 bits per heavy atom. The van der Waals surface area contributed by atoms with E-state index in [1.165, 1.54) is 0 Å². The summed E-state index contributed by atoms with van der Waals surface area (Å²) >= 11 is 3.45. The van der Waals surface area contributed by atoms with E-state index >= 15 is 0 Å². The number of halogens is 4. The standard InChI is InChI=1S/C14H17BrF2N2O.ClH/c1-9(6-10-4-2-3-5-11(10)15)19-13(20)12-7-14(16,17)8-18-12;/h2-5,9,12,18H,6-8H2,1H3,(H,19,20);1H. The predicted molar refractivity (Wildman–Crippen MR) is 84.1 cm³/mol. The first kappa shape index (κ1) is 18.3. The van der Waals surface area contributed by atoms with Gasteiger partial charge < -0.3 is 5.32 Å². The first-order valence-corrected chi connectivity index (χ1v) is 7.32. The highest BCUT2D eigenvalue weighted by Gasteiger charge is 2.42. The van der Waals surface area contributed by atoms with Crippen LogP contribution in [-0.2, 0) is 11.2 Å². The van der Waals surface area contributed by atoms with Gasteiger partial charge in [0.25, 0.3) is 5.92 Å². The molecule has 1 aromatic carbocycles. The lowest BCUT2D eigenvalue weighted by Crippen LogP contribution is -2.44. The fourth-order valence-electron chi connectivity index (χ4n) is 2.29. The molecule has 1 heterocycles. The zero-order valence-electron chi connectivity index (χ0n) is 11.5. The summed E-state index contributed by atoms with van der Waals surface area (Å²) in [6.07, 6.45) is 0.219. The van der Waals surface area contributed by atoms with E-state index in [9.17, 15) is 13.6 Å². The Labute approximate surface area is 137 Å². The Bertz CT molecular complexity index is 502. The van der Waals surface area contributed by atoms with Crippen molar-refractivity contribution in [3.05, 3.63) is 34.3 Å². The van der Waals surface area contributed by atoms with Crippen LogP contribution in [0.3, 0.4) is 0 Å². The van der Waals surface area contributed by atoms with Gasteiger partial charge in [-0.15, -0.1) is 12.4 Å². The van der Waals surface area contributed by atoms with Crippen molar-refractivity contribution in [1.29, 1.82) is 0 Å². The van der Waals surface area contributed by atoms with Crippen molar-refractivity contribution in [3.8, 4) is 0 Å². The van der Waals surface area contributed by atoms with Gasteiger partial charge in [-0.25, -0.2) is 8.78 Å². The van der Waals surface area contributed by atoms with E-state index in [-0.39, 0.29) is 24.4 Å². The Morgan fingerprint density at radius 2 is 2.19 bits per heavy atom. The van der Waals surface area contributed by atoms with E-state index in [1.807, 2.05) is 31.2 Å². The minimum atomic E-state index is -2.78. The summed E-state index contributed by atoms with van der Waals surface area (Å²) in [6.45, 7) is 1.44. The van der Waals surface area contributed by atoms with E-state index in [0.29, 0.717) is 6.42 Å². The van der Waals surface area contributed by atoms with Crippen LogP contribution in [0.25, 0.3) is 0 Å². The molecular formula is C14H18BrClF2N2O. The van der Waals surface area contributed by atoms with Crippen LogP contribution in [0, 0.1) is 0 Å². The van der Waals surface area contributed by atoms with Gasteiger partial charge in [-0.3, -0.25) is 10.1 Å². The second-order valence-electron chi connectivity index (χ2n) is 5.20. The third-order valence-corrected chi connectivity index (χ3v) is 4.07. The average Bonchev–Trinajstić information content (AvgIpc) is 2.73. The summed E-state index contributed by atoms with van der Waals surface area (Å²) in [5, 5.41) is 5.34. The first-order chi connectivity index (χ1) is 9.37. The van der Waals surface area contributed by atoms with Crippen LogP contribution < -0.4 is 10.6 Å². The van der Waals surface area contributed by atoms with Crippen LogP contribution in [0.2, 0.25) is 0 Å². The van der Waals surface area contributed by atoms with Crippen molar-refractivity contribution < 1.29 is 13.6 Å². The maximum absolute atomic E-state index is 13.0. The highest BCUT2D eigenvalue weighted by molar-refractivity contribution is 9.10. The fourth-order valence-corrected chi connectivity index (χ4v) is 2.74. The zero-order valence-corrected chi connectivity index (χ0v) is 13.9. The highest BCUT2D eigenvalue weighted by atomic mass is 79.9. The SMILES string of the molecule is CC(Cc1ccccc1Br)NC(=O)C1CC(F)(F)CN1.Cl. The Morgan fingerprint density at radius 3 is 2.76 bits per heavy atom. The number of hydrogen-bond acceptors (Lipinski definition) is 2. The Kier molecular flexibility index (Phi) is 6.56. The summed E-state index contributed by atoms with van der Waals surface area (Å²) in [6, 6.07) is 6.83. The Balaban J connectivity index is 0.00000220. The van der Waals surface area contributed by atoms with Crippen molar-refractivity contribution in [2.45, 2.75) is 37.8 Å². The number of nitrogens with one attached hydrogen (secondary N) is 2. The van der Waals surface area contributed by atoms with Gasteiger partial charge in [0.1, 0.15) is 0 Å². The lowest BCUT2D eigenvalue weighted by molar-refractivity contribution is -0.124. The molecule has 118 valence electrons. The predicted octanol–water partition coefficient (Wildman–Crippen LogP) is 2.92. The van der Waals surface area contributed by atoms with Crippen LogP contribution in [0.4, 0.5) is 8.78 Å². The van der Waals surface area contributed by atoms with E-state index < -0.39 is 24.9 Å². The van der Waals surface area contributed by atoms with E-state index in [4.69, 9.17) is 0 Å². The zero-order chi connectivity index (χ0) is 14.8. The van der Waals surface area contributed by atoms with E-state index in [2.05, 4.69) is 26.6 Å². The van der Waals surface area contributed by atoms with Crippen LogP contribution in [0.15, 0.2) is 28.7 Å². The molecule has 2 N–H and O–H groups in total. The van der Waals surface area contributed by atoms with Gasteiger partial charge in [-0.05, 0) is 25.0 Å². The molecule has 1 amide bonds. The lowest BCUT2D eigenvalue weighted by atomic mass is 10.1. The molecule has 2 rings (SSSR count). The van der Waals surface area contributed by atoms with Gasteiger partial charge in [0.2, 0.25) is 5.91 Å². The van der Waals surface area contributed by atoms with Gasteiger partial charge >= 0.3 is 0 Å². The second-order valence-corrected chi connectivity index (χ2v) is 6.05. The monoisotopic (exact) mass is 382 g/mol. The van der Waals surface area contributed by atoms with Crippen LogP contribution in [0.5, 0.6) is 0 Å². The molecule has 1 aliphatic rings. The van der Waals surface area contributed by atoms with E-state index in [1.54, 1.807) is 0 Å². The van der Waals surface area contributed by atoms with Crippen LogP contribution >= 0.6 is 28.3 Å². The molecule has 1 aromatic rings. The summed E-state index contributed by atoms with van der Waals surface area (Å²) < 4.78 is 27.1. The number of alkyl halides is 2. The molecule has 0 saturated carbocycles. The topological polar surface area (TPSA) is 41.1 Å². The molecule has 1 saturated heterocycles. The molecule has 2 unspecified atom stereocenters. The average molecular weight is 384 g/mol. The van der Waals surface area contributed by atoms with Gasteiger partial charge in [-0.1, -0.05) is 34.1 Å². The number of hydrogen-bond donors (Lipinski definition) is 2. The largest absolute Gasteiger partial charge is 0.352 e. The number of carbonyl (C=O) groups is 1. The number of rotatable bonds is 4. The first-order valence-electron chi connectivity index (χ1n) is 6.52. The van der Waals surface area contributed by atoms with Crippen molar-refractivity contribution in [2.75, 3.05) is 6.54 Å². The van der Waals surface area contributed by atoms with Crippen molar-refractivity contribution in [1.82, 2.24) is 10.6 Å². The normalized spacial score (nSPS) is 21.4. The molecule has 0 spiro atoms. The van der Waals surface area contributed by atoms with E-state index in [0.717, 1.165) is 10.0 Å². The van der Waals surface area contributed by atoms with Crippen molar-refractivity contribution in [3.63, 3.8) is 0 Å². The molecule has 1 aliphatic heterocycles. The summed E-state index contributed by atoms with van der Waals surface area (Å²) in [5.41, 5.74) is 1.07. The number of carbonyl (C=O) groups excluding carboxylic acids is 1. The molecule has 3 nitrogen and oxygen atoms in total. The number of benzene rings is 1. The lowest BCUT2D eigenvalue weighted by Gasteiger charge is -2.18. The van der Waals surface area contributed by atoms with Gasteiger partial charge in [0.15, 0.2) is 0 Å². The summed E-state index contributed by atoms with van der Waals surface area (Å²) in [4.78, 5) is 11.9. The van der Waals surface area contributed by atoms with Crippen LogP contribution in [-0.4, -0.2) is 30.5 Å². The summed E-state index contributed by atoms with van der Waals surface area (Å²) in [7, 11) is 0. The Hall–Kier alpha value is -0.720. The molecule has 7 heteroatoms. The molecule has 0 aliphatic carbocycles. The van der Waals surface area contributed by atoms with Gasteiger partial charge in [-0.2, -0.15) is 0 Å². The molecule has 0 bridgehead atoms. The highest BCUT2D eigenvalue weighted by Crippen LogP contribution is 2.25. The molecule has 0 aromatic heterocycles. The van der Waals surface area contributed by atoms with Crippen LogP contribution in [0.1, 0.15) is 18.9 Å². The fraction of sp³-hybridized carbons (Fsp3) is 0.500. The molecule has 21 heavy (non-hydrogen) atoms.